The largest absolute Gasteiger partial charge is 0.487 e. The molecule has 0 aliphatic heterocycles. The molecule has 5 nitrogen and oxygen atoms in total. The normalized spacial score (nSPS) is 10.7. The predicted octanol–water partition coefficient (Wildman–Crippen LogP) is 2.97. The van der Waals surface area contributed by atoms with Gasteiger partial charge < -0.3 is 14.5 Å². The number of amides is 1. The van der Waals surface area contributed by atoms with Gasteiger partial charge in [0.2, 0.25) is 0 Å². The number of nitrogens with zero attached hydrogens (tertiary/aromatic N) is 2. The van der Waals surface area contributed by atoms with E-state index in [0.717, 1.165) is 11.3 Å². The zero-order chi connectivity index (χ0) is 16.2. The molecule has 0 saturated carbocycles. The Kier molecular flexibility index (Phi) is 4.28. The fourth-order valence-corrected chi connectivity index (χ4v) is 2.35. The summed E-state index contributed by atoms with van der Waals surface area (Å²) in [5.74, 6) is 0.640. The molecule has 1 aromatic carbocycles. The van der Waals surface area contributed by atoms with Crippen LogP contribution in [0, 0.1) is 6.92 Å². The van der Waals surface area contributed by atoms with Crippen molar-refractivity contribution in [3.05, 3.63) is 65.6 Å². The lowest BCUT2D eigenvalue weighted by atomic mass is 10.2. The van der Waals surface area contributed by atoms with E-state index < -0.39 is 0 Å². The Morgan fingerprint density at radius 2 is 1.96 bits per heavy atom. The van der Waals surface area contributed by atoms with E-state index in [4.69, 9.17) is 4.74 Å². The van der Waals surface area contributed by atoms with Crippen LogP contribution >= 0.6 is 0 Å². The van der Waals surface area contributed by atoms with Crippen LogP contribution in [-0.4, -0.2) is 21.8 Å². The third-order valence-corrected chi connectivity index (χ3v) is 3.49. The molecule has 0 radical (unpaired) electrons. The number of hydrogen-bond donors (Lipinski definition) is 1. The SMILES string of the molecule is CCNC(=O)c1ccc(OCc2cn3cc(C)ccc3n2)cc1. The van der Waals surface area contributed by atoms with Crippen molar-refractivity contribution in [1.82, 2.24) is 14.7 Å². The van der Waals surface area contributed by atoms with Gasteiger partial charge in [0.25, 0.3) is 5.91 Å². The minimum absolute atomic E-state index is 0.0743. The summed E-state index contributed by atoms with van der Waals surface area (Å²) in [5.41, 5.74) is 3.58. The van der Waals surface area contributed by atoms with E-state index in [2.05, 4.69) is 10.3 Å². The van der Waals surface area contributed by atoms with Crippen LogP contribution < -0.4 is 10.1 Å². The Balaban J connectivity index is 1.66. The summed E-state index contributed by atoms with van der Waals surface area (Å²) >= 11 is 0. The second-order valence-electron chi connectivity index (χ2n) is 5.38. The van der Waals surface area contributed by atoms with Gasteiger partial charge in [-0.1, -0.05) is 6.07 Å². The number of aromatic nitrogens is 2. The van der Waals surface area contributed by atoms with E-state index in [-0.39, 0.29) is 5.91 Å². The van der Waals surface area contributed by atoms with Crippen LogP contribution in [0.5, 0.6) is 5.75 Å². The van der Waals surface area contributed by atoms with Gasteiger partial charge in [-0.05, 0) is 49.7 Å². The number of imidazole rings is 1. The second-order valence-corrected chi connectivity index (χ2v) is 5.38. The molecule has 3 aromatic rings. The number of carbonyl (C=O) groups is 1. The second kappa shape index (κ2) is 6.52. The molecule has 1 amide bonds. The molecule has 2 aromatic heterocycles. The summed E-state index contributed by atoms with van der Waals surface area (Å²) < 4.78 is 7.73. The van der Waals surface area contributed by atoms with E-state index in [0.29, 0.717) is 24.5 Å². The summed E-state index contributed by atoms with van der Waals surface area (Å²) in [6.45, 7) is 4.95. The number of nitrogens with one attached hydrogen (secondary N) is 1. The van der Waals surface area contributed by atoms with Gasteiger partial charge in [0.15, 0.2) is 0 Å². The van der Waals surface area contributed by atoms with Gasteiger partial charge in [0.05, 0.1) is 5.69 Å². The lowest BCUT2D eigenvalue weighted by Gasteiger charge is -2.06. The molecule has 0 fully saturated rings. The number of benzene rings is 1. The average Bonchev–Trinajstić information content (AvgIpc) is 2.95. The van der Waals surface area contributed by atoms with Gasteiger partial charge in [0, 0.05) is 24.5 Å². The highest BCUT2D eigenvalue weighted by Gasteiger charge is 2.05. The smallest absolute Gasteiger partial charge is 0.251 e. The molecular formula is C18H19N3O2. The molecule has 5 heteroatoms. The van der Waals surface area contributed by atoms with Crippen molar-refractivity contribution in [3.8, 4) is 5.75 Å². The first-order valence-electron chi connectivity index (χ1n) is 7.61. The van der Waals surface area contributed by atoms with E-state index in [1.165, 1.54) is 5.56 Å². The minimum atomic E-state index is -0.0743. The Morgan fingerprint density at radius 3 is 2.70 bits per heavy atom. The lowest BCUT2D eigenvalue weighted by molar-refractivity contribution is 0.0956. The van der Waals surface area contributed by atoms with Crippen molar-refractivity contribution in [3.63, 3.8) is 0 Å². The number of pyridine rings is 1. The summed E-state index contributed by atoms with van der Waals surface area (Å²) in [5, 5.41) is 2.77. The lowest BCUT2D eigenvalue weighted by Crippen LogP contribution is -2.22. The number of rotatable bonds is 5. The maximum atomic E-state index is 11.7. The summed E-state index contributed by atoms with van der Waals surface area (Å²) in [4.78, 5) is 16.2. The average molecular weight is 309 g/mol. The van der Waals surface area contributed by atoms with Gasteiger partial charge in [-0.3, -0.25) is 4.79 Å². The van der Waals surface area contributed by atoms with Crippen molar-refractivity contribution in [1.29, 1.82) is 0 Å². The fourth-order valence-electron chi connectivity index (χ4n) is 2.35. The van der Waals surface area contributed by atoms with E-state index in [1.807, 2.05) is 42.8 Å². The summed E-state index contributed by atoms with van der Waals surface area (Å²) in [6, 6.07) is 11.1. The van der Waals surface area contributed by atoms with Crippen molar-refractivity contribution in [2.75, 3.05) is 6.54 Å². The van der Waals surface area contributed by atoms with Gasteiger partial charge in [0.1, 0.15) is 18.0 Å². The molecule has 118 valence electrons. The first-order valence-corrected chi connectivity index (χ1v) is 7.61. The van der Waals surface area contributed by atoms with E-state index >= 15 is 0 Å². The Hall–Kier alpha value is -2.82. The maximum absolute atomic E-state index is 11.7. The highest BCUT2D eigenvalue weighted by atomic mass is 16.5. The van der Waals surface area contributed by atoms with Gasteiger partial charge in [-0.25, -0.2) is 4.98 Å². The molecule has 0 unspecified atom stereocenters. The monoisotopic (exact) mass is 309 g/mol. The maximum Gasteiger partial charge on any atom is 0.251 e. The van der Waals surface area contributed by atoms with Crippen LogP contribution in [0.2, 0.25) is 0 Å². The number of fused-ring (bicyclic) bond motifs is 1. The molecule has 3 rings (SSSR count). The van der Waals surface area contributed by atoms with E-state index in [1.54, 1.807) is 24.3 Å². The van der Waals surface area contributed by atoms with Crippen molar-refractivity contribution < 1.29 is 9.53 Å². The first kappa shape index (κ1) is 15.1. The Morgan fingerprint density at radius 1 is 1.17 bits per heavy atom. The quantitative estimate of drug-likeness (QED) is 0.788. The standard InChI is InChI=1S/C18H19N3O2/c1-3-19-18(22)14-5-7-16(8-6-14)23-12-15-11-21-10-13(2)4-9-17(21)20-15/h4-11H,3,12H2,1-2H3,(H,19,22). The van der Waals surface area contributed by atoms with Crippen LogP contribution in [-0.2, 0) is 6.61 Å². The molecule has 0 aliphatic carbocycles. The Bertz CT molecular complexity index is 822. The molecule has 2 heterocycles. The third-order valence-electron chi connectivity index (χ3n) is 3.49. The van der Waals surface area contributed by atoms with Crippen LogP contribution in [0.25, 0.3) is 5.65 Å². The Labute approximate surface area is 134 Å². The van der Waals surface area contributed by atoms with Gasteiger partial charge >= 0.3 is 0 Å². The number of aryl methyl sites for hydroxylation is 1. The summed E-state index contributed by atoms with van der Waals surface area (Å²) in [7, 11) is 0. The molecular weight excluding hydrogens is 290 g/mol. The summed E-state index contributed by atoms with van der Waals surface area (Å²) in [6.07, 6.45) is 4.00. The zero-order valence-electron chi connectivity index (χ0n) is 13.2. The van der Waals surface area contributed by atoms with Crippen molar-refractivity contribution >= 4 is 11.6 Å². The zero-order valence-corrected chi connectivity index (χ0v) is 13.2. The highest BCUT2D eigenvalue weighted by Crippen LogP contribution is 2.15. The number of carbonyl (C=O) groups excluding carboxylic acids is 1. The van der Waals surface area contributed by atoms with Crippen LogP contribution in [0.15, 0.2) is 48.8 Å². The van der Waals surface area contributed by atoms with Crippen LogP contribution in [0.1, 0.15) is 28.5 Å². The molecule has 1 N–H and O–H groups in total. The highest BCUT2D eigenvalue weighted by molar-refractivity contribution is 5.94. The first-order chi connectivity index (χ1) is 11.2. The van der Waals surface area contributed by atoms with E-state index in [9.17, 15) is 4.79 Å². The molecule has 0 saturated heterocycles. The number of ether oxygens (including phenoxy) is 1. The molecule has 23 heavy (non-hydrogen) atoms. The molecule has 0 aliphatic rings. The van der Waals surface area contributed by atoms with Crippen LogP contribution in [0.3, 0.4) is 0 Å². The van der Waals surface area contributed by atoms with Gasteiger partial charge in [-0.15, -0.1) is 0 Å². The topological polar surface area (TPSA) is 55.6 Å². The molecule has 0 spiro atoms. The van der Waals surface area contributed by atoms with Crippen molar-refractivity contribution in [2.45, 2.75) is 20.5 Å². The molecule has 0 atom stereocenters. The minimum Gasteiger partial charge on any atom is -0.487 e. The number of hydrogen-bond acceptors (Lipinski definition) is 3. The van der Waals surface area contributed by atoms with Crippen molar-refractivity contribution in [2.24, 2.45) is 0 Å². The fraction of sp³-hybridized carbons (Fsp3) is 0.222. The third kappa shape index (κ3) is 3.51. The molecule has 0 bridgehead atoms. The predicted molar refractivity (Wildman–Crippen MR) is 88.7 cm³/mol. The van der Waals surface area contributed by atoms with Crippen LogP contribution in [0.4, 0.5) is 0 Å². The van der Waals surface area contributed by atoms with Gasteiger partial charge in [-0.2, -0.15) is 0 Å².